The van der Waals surface area contributed by atoms with Crippen LogP contribution in [0.4, 0.5) is 11.5 Å². The van der Waals surface area contributed by atoms with Gasteiger partial charge in [0, 0.05) is 19.0 Å². The summed E-state index contributed by atoms with van der Waals surface area (Å²) < 4.78 is 7.21. The second-order valence-corrected chi connectivity index (χ2v) is 8.27. The van der Waals surface area contributed by atoms with Crippen molar-refractivity contribution in [1.82, 2.24) is 14.8 Å². The number of nitrogens with one attached hydrogen (secondary N) is 1. The molecule has 144 valence electrons. The van der Waals surface area contributed by atoms with Gasteiger partial charge in [-0.2, -0.15) is 5.10 Å². The molecule has 1 aliphatic heterocycles. The Kier molecular flexibility index (Phi) is 4.63. The molecule has 3 heterocycles. The molecule has 0 unspecified atom stereocenters. The molecule has 0 spiro atoms. The van der Waals surface area contributed by atoms with Gasteiger partial charge in [0.25, 0.3) is 5.91 Å². The third kappa shape index (κ3) is 3.98. The zero-order chi connectivity index (χ0) is 19.0. The van der Waals surface area contributed by atoms with Crippen molar-refractivity contribution >= 4 is 17.4 Å². The van der Waals surface area contributed by atoms with E-state index in [0.29, 0.717) is 17.4 Å². The molecule has 1 saturated heterocycles. The van der Waals surface area contributed by atoms with Crippen molar-refractivity contribution in [1.29, 1.82) is 0 Å². The summed E-state index contributed by atoms with van der Waals surface area (Å²) >= 11 is 0. The largest absolute Gasteiger partial charge is 0.378 e. The minimum Gasteiger partial charge on any atom is -0.378 e. The number of hydrogen-bond acceptors (Lipinski definition) is 5. The highest BCUT2D eigenvalue weighted by Gasteiger charge is 2.31. The number of carbonyl (C=O) groups is 1. The Morgan fingerprint density at radius 2 is 1.96 bits per heavy atom. The monoisotopic (exact) mass is 369 g/mol. The molecule has 2 aromatic heterocycles. The number of morpholine rings is 1. The smallest absolute Gasteiger partial charge is 0.275 e. The molecule has 0 radical (unpaired) electrons. The second kappa shape index (κ2) is 6.96. The number of anilines is 2. The van der Waals surface area contributed by atoms with Gasteiger partial charge in [0.05, 0.1) is 36.3 Å². The highest BCUT2D eigenvalue weighted by molar-refractivity contribution is 6.02. The van der Waals surface area contributed by atoms with E-state index < -0.39 is 0 Å². The zero-order valence-electron chi connectivity index (χ0n) is 16.2. The Hall–Kier alpha value is -2.41. The number of nitrogens with zero attached hydrogens (tertiary/aromatic N) is 4. The lowest BCUT2D eigenvalue weighted by atomic mass is 10.1. The SMILES string of the molecule is CC(C)(C)n1nc(C2CC2)cc1C(=O)Nc1ccc(N2CCOCC2)cn1. The first kappa shape index (κ1) is 18.0. The van der Waals surface area contributed by atoms with E-state index in [4.69, 9.17) is 9.84 Å². The van der Waals surface area contributed by atoms with Crippen LogP contribution in [-0.2, 0) is 10.3 Å². The molecule has 1 aliphatic carbocycles. The summed E-state index contributed by atoms with van der Waals surface area (Å²) in [6, 6.07) is 5.77. The molecule has 27 heavy (non-hydrogen) atoms. The van der Waals surface area contributed by atoms with Gasteiger partial charge in [-0.1, -0.05) is 0 Å². The number of hydrogen-bond donors (Lipinski definition) is 1. The van der Waals surface area contributed by atoms with Gasteiger partial charge in [0.2, 0.25) is 0 Å². The number of amides is 1. The molecule has 1 amide bonds. The van der Waals surface area contributed by atoms with Gasteiger partial charge in [0.1, 0.15) is 11.5 Å². The fourth-order valence-electron chi connectivity index (χ4n) is 3.30. The maximum Gasteiger partial charge on any atom is 0.275 e. The van der Waals surface area contributed by atoms with E-state index >= 15 is 0 Å². The summed E-state index contributed by atoms with van der Waals surface area (Å²) in [4.78, 5) is 19.5. The van der Waals surface area contributed by atoms with Crippen molar-refractivity contribution in [2.45, 2.75) is 45.1 Å². The standard InChI is InChI=1S/C20H27N5O2/c1-20(2,3)25-17(12-16(23-25)14-4-5-14)19(26)22-18-7-6-15(13-21-18)24-8-10-27-11-9-24/h6-7,12-14H,4-5,8-11H2,1-3H3,(H,21,22,26). The average Bonchev–Trinajstić information content (AvgIpc) is 3.40. The van der Waals surface area contributed by atoms with Crippen molar-refractivity contribution in [2.75, 3.05) is 36.5 Å². The first-order valence-corrected chi connectivity index (χ1v) is 9.62. The summed E-state index contributed by atoms with van der Waals surface area (Å²) in [5, 5.41) is 7.62. The van der Waals surface area contributed by atoms with Crippen molar-refractivity contribution < 1.29 is 9.53 Å². The average molecular weight is 369 g/mol. The van der Waals surface area contributed by atoms with Crippen LogP contribution in [0.1, 0.15) is 55.7 Å². The number of carbonyl (C=O) groups excluding carboxylic acids is 1. The van der Waals surface area contributed by atoms with E-state index in [2.05, 4.69) is 36.0 Å². The minimum atomic E-state index is -0.257. The third-order valence-corrected chi connectivity index (χ3v) is 4.96. The van der Waals surface area contributed by atoms with Crippen LogP contribution in [-0.4, -0.2) is 47.0 Å². The van der Waals surface area contributed by atoms with Gasteiger partial charge in [-0.25, -0.2) is 4.98 Å². The van der Waals surface area contributed by atoms with E-state index in [0.717, 1.165) is 50.5 Å². The molecule has 7 nitrogen and oxygen atoms in total. The Bertz CT molecular complexity index is 812. The third-order valence-electron chi connectivity index (χ3n) is 4.96. The van der Waals surface area contributed by atoms with Crippen molar-refractivity contribution in [3.63, 3.8) is 0 Å². The van der Waals surface area contributed by atoms with Crippen molar-refractivity contribution in [2.24, 2.45) is 0 Å². The quantitative estimate of drug-likeness (QED) is 0.897. The lowest BCUT2D eigenvalue weighted by Crippen LogP contribution is -2.36. The fraction of sp³-hybridized carbons (Fsp3) is 0.550. The van der Waals surface area contributed by atoms with Crippen molar-refractivity contribution in [3.8, 4) is 0 Å². The fourth-order valence-corrected chi connectivity index (χ4v) is 3.30. The van der Waals surface area contributed by atoms with E-state index in [1.807, 2.05) is 22.9 Å². The molecule has 4 rings (SSSR count). The van der Waals surface area contributed by atoms with Crippen molar-refractivity contribution in [3.05, 3.63) is 35.8 Å². The van der Waals surface area contributed by atoms with Crippen LogP contribution in [0.25, 0.3) is 0 Å². The Labute approximate surface area is 159 Å². The summed E-state index contributed by atoms with van der Waals surface area (Å²) in [6.07, 6.45) is 4.12. The van der Waals surface area contributed by atoms with Gasteiger partial charge < -0.3 is 15.0 Å². The Balaban J connectivity index is 1.50. The molecule has 0 aromatic carbocycles. The van der Waals surface area contributed by atoms with E-state index in [-0.39, 0.29) is 11.4 Å². The van der Waals surface area contributed by atoms with E-state index in [9.17, 15) is 4.79 Å². The predicted molar refractivity (Wildman–Crippen MR) is 104 cm³/mol. The highest BCUT2D eigenvalue weighted by Crippen LogP contribution is 2.40. The van der Waals surface area contributed by atoms with Crippen LogP contribution in [0.5, 0.6) is 0 Å². The summed E-state index contributed by atoms with van der Waals surface area (Å²) in [5.74, 6) is 0.883. The lowest BCUT2D eigenvalue weighted by Gasteiger charge is -2.28. The van der Waals surface area contributed by atoms with Gasteiger partial charge in [-0.15, -0.1) is 0 Å². The molecule has 7 heteroatoms. The summed E-state index contributed by atoms with van der Waals surface area (Å²) in [6.45, 7) is 9.37. The number of rotatable bonds is 4. The van der Waals surface area contributed by atoms with Gasteiger partial charge in [-0.3, -0.25) is 9.48 Å². The van der Waals surface area contributed by atoms with Gasteiger partial charge in [-0.05, 0) is 51.8 Å². The van der Waals surface area contributed by atoms with Crippen LogP contribution in [0.15, 0.2) is 24.4 Å². The zero-order valence-corrected chi connectivity index (χ0v) is 16.2. The highest BCUT2D eigenvalue weighted by atomic mass is 16.5. The van der Waals surface area contributed by atoms with Gasteiger partial charge in [0.15, 0.2) is 0 Å². The Morgan fingerprint density at radius 3 is 2.56 bits per heavy atom. The van der Waals surface area contributed by atoms with Crippen LogP contribution in [0.3, 0.4) is 0 Å². The molecule has 2 aromatic rings. The first-order chi connectivity index (χ1) is 12.9. The van der Waals surface area contributed by atoms with E-state index in [1.165, 1.54) is 0 Å². The normalized spacial score (nSPS) is 17.8. The molecule has 1 saturated carbocycles. The Morgan fingerprint density at radius 1 is 1.22 bits per heavy atom. The lowest BCUT2D eigenvalue weighted by molar-refractivity contribution is 0.100. The number of pyridine rings is 1. The van der Waals surface area contributed by atoms with Crippen LogP contribution >= 0.6 is 0 Å². The maximum absolute atomic E-state index is 12.9. The molecule has 0 atom stereocenters. The molecule has 2 aliphatic rings. The molecular formula is C20H27N5O2. The summed E-state index contributed by atoms with van der Waals surface area (Å²) in [5.41, 5.74) is 2.40. The molecule has 1 N–H and O–H groups in total. The second-order valence-electron chi connectivity index (χ2n) is 8.27. The van der Waals surface area contributed by atoms with Gasteiger partial charge >= 0.3 is 0 Å². The number of ether oxygens (including phenoxy) is 1. The first-order valence-electron chi connectivity index (χ1n) is 9.62. The molecular weight excluding hydrogens is 342 g/mol. The van der Waals surface area contributed by atoms with Crippen LogP contribution < -0.4 is 10.2 Å². The van der Waals surface area contributed by atoms with Crippen LogP contribution in [0.2, 0.25) is 0 Å². The van der Waals surface area contributed by atoms with Crippen LogP contribution in [0, 0.1) is 0 Å². The minimum absolute atomic E-state index is 0.170. The predicted octanol–water partition coefficient (Wildman–Crippen LogP) is 3.00. The summed E-state index contributed by atoms with van der Waals surface area (Å²) in [7, 11) is 0. The van der Waals surface area contributed by atoms with E-state index in [1.54, 1.807) is 6.20 Å². The topological polar surface area (TPSA) is 72.3 Å². The maximum atomic E-state index is 12.9. The molecule has 0 bridgehead atoms. The molecule has 2 fully saturated rings. The number of aromatic nitrogens is 3.